The van der Waals surface area contributed by atoms with Crippen molar-refractivity contribution >= 4 is 9.84 Å². The first-order valence-electron chi connectivity index (χ1n) is 8.52. The Morgan fingerprint density at radius 3 is 2.45 bits per heavy atom. The Hall–Kier alpha value is -3.59. The SMILES string of the molecule is COc1cc(F)cc(-n2nccc2-c2ccc(S(=O)(=O)c3ccccc3)nn2)c1. The zero-order chi connectivity index (χ0) is 20.4. The van der Waals surface area contributed by atoms with Crippen LogP contribution in [0.1, 0.15) is 0 Å². The third kappa shape index (κ3) is 3.59. The second-order valence-electron chi connectivity index (χ2n) is 6.05. The molecule has 0 saturated carbocycles. The standard InChI is InChI=1S/C20H15FN4O3S/c1-28-16-12-14(21)11-15(13-16)25-19(9-10-22-25)18-7-8-20(24-23-18)29(26,27)17-5-3-2-4-6-17/h2-13H,1H3. The molecule has 146 valence electrons. The summed E-state index contributed by atoms with van der Waals surface area (Å²) >= 11 is 0. The van der Waals surface area contributed by atoms with Crippen LogP contribution in [0.25, 0.3) is 17.1 Å². The van der Waals surface area contributed by atoms with Crippen LogP contribution in [-0.4, -0.2) is 35.5 Å². The number of nitrogens with zero attached hydrogens (tertiary/aromatic N) is 4. The van der Waals surface area contributed by atoms with Crippen LogP contribution in [0.2, 0.25) is 0 Å². The number of halogens is 1. The molecule has 0 amide bonds. The Bertz CT molecular complexity index is 1260. The molecule has 9 heteroatoms. The molecule has 2 aromatic carbocycles. The quantitative estimate of drug-likeness (QED) is 0.502. The minimum Gasteiger partial charge on any atom is -0.497 e. The minimum absolute atomic E-state index is 0.138. The van der Waals surface area contributed by atoms with E-state index in [1.54, 1.807) is 30.3 Å². The van der Waals surface area contributed by atoms with Crippen molar-refractivity contribution in [3.8, 4) is 22.8 Å². The summed E-state index contributed by atoms with van der Waals surface area (Å²) in [5.74, 6) is -0.131. The summed E-state index contributed by atoms with van der Waals surface area (Å²) < 4.78 is 45.7. The fourth-order valence-electron chi connectivity index (χ4n) is 2.81. The summed E-state index contributed by atoms with van der Waals surface area (Å²) in [5.41, 5.74) is 1.34. The molecule has 0 spiro atoms. The average molecular weight is 410 g/mol. The molecule has 0 fully saturated rings. The fourth-order valence-corrected chi connectivity index (χ4v) is 3.96. The Morgan fingerprint density at radius 2 is 1.76 bits per heavy atom. The van der Waals surface area contributed by atoms with E-state index in [2.05, 4.69) is 15.3 Å². The van der Waals surface area contributed by atoms with Gasteiger partial charge in [-0.15, -0.1) is 10.2 Å². The number of rotatable bonds is 5. The number of ether oxygens (including phenoxy) is 1. The van der Waals surface area contributed by atoms with Crippen LogP contribution in [0.3, 0.4) is 0 Å². The second-order valence-corrected chi connectivity index (χ2v) is 7.95. The molecule has 0 aliphatic carbocycles. The molecule has 0 bridgehead atoms. The Balaban J connectivity index is 1.72. The summed E-state index contributed by atoms with van der Waals surface area (Å²) in [6.45, 7) is 0. The normalized spacial score (nSPS) is 11.4. The number of benzene rings is 2. The molecule has 0 aliphatic heterocycles. The van der Waals surface area contributed by atoms with Gasteiger partial charge in [0.15, 0.2) is 5.03 Å². The third-order valence-corrected chi connectivity index (χ3v) is 5.87. The molecular formula is C20H15FN4O3S. The maximum Gasteiger partial charge on any atom is 0.225 e. The second kappa shape index (κ2) is 7.44. The van der Waals surface area contributed by atoms with E-state index in [0.29, 0.717) is 22.8 Å². The average Bonchev–Trinajstić information content (AvgIpc) is 3.24. The van der Waals surface area contributed by atoms with Gasteiger partial charge < -0.3 is 4.74 Å². The van der Waals surface area contributed by atoms with Crippen molar-refractivity contribution in [2.45, 2.75) is 9.92 Å². The molecule has 0 N–H and O–H groups in total. The van der Waals surface area contributed by atoms with Gasteiger partial charge in [0, 0.05) is 12.1 Å². The summed E-state index contributed by atoms with van der Waals surface area (Å²) in [6, 6.07) is 16.8. The van der Waals surface area contributed by atoms with E-state index < -0.39 is 15.7 Å². The predicted octanol–water partition coefficient (Wildman–Crippen LogP) is 3.31. The Morgan fingerprint density at radius 1 is 0.966 bits per heavy atom. The van der Waals surface area contributed by atoms with Crippen molar-refractivity contribution in [2.24, 2.45) is 0 Å². The lowest BCUT2D eigenvalue weighted by atomic mass is 10.2. The third-order valence-electron chi connectivity index (χ3n) is 4.21. The molecule has 4 aromatic rings. The fraction of sp³-hybridized carbons (Fsp3) is 0.0500. The van der Waals surface area contributed by atoms with Crippen LogP contribution in [0, 0.1) is 5.82 Å². The van der Waals surface area contributed by atoms with Crippen molar-refractivity contribution in [1.82, 2.24) is 20.0 Å². The van der Waals surface area contributed by atoms with Crippen LogP contribution >= 0.6 is 0 Å². The van der Waals surface area contributed by atoms with E-state index in [1.807, 2.05) is 0 Å². The van der Waals surface area contributed by atoms with E-state index in [1.165, 1.54) is 54.4 Å². The zero-order valence-corrected chi connectivity index (χ0v) is 16.0. The molecule has 2 aromatic heterocycles. The summed E-state index contributed by atoms with van der Waals surface area (Å²) in [6.07, 6.45) is 1.53. The minimum atomic E-state index is -3.76. The van der Waals surface area contributed by atoms with Gasteiger partial charge >= 0.3 is 0 Å². The molecule has 0 saturated heterocycles. The summed E-state index contributed by atoms with van der Waals surface area (Å²) in [4.78, 5) is 0.138. The van der Waals surface area contributed by atoms with Crippen LogP contribution in [0.4, 0.5) is 4.39 Å². The first kappa shape index (κ1) is 18.8. The summed E-state index contributed by atoms with van der Waals surface area (Å²) in [5, 5.41) is 12.0. The first-order chi connectivity index (χ1) is 14.0. The predicted molar refractivity (Wildman–Crippen MR) is 103 cm³/mol. The van der Waals surface area contributed by atoms with E-state index >= 15 is 0 Å². The Kier molecular flexibility index (Phi) is 4.81. The number of methoxy groups -OCH3 is 1. The molecule has 4 rings (SSSR count). The van der Waals surface area contributed by atoms with Gasteiger partial charge in [0.1, 0.15) is 17.3 Å². The van der Waals surface area contributed by atoms with E-state index in [0.717, 1.165) is 0 Å². The molecule has 29 heavy (non-hydrogen) atoms. The molecule has 0 atom stereocenters. The van der Waals surface area contributed by atoms with Gasteiger partial charge in [0.05, 0.1) is 29.6 Å². The van der Waals surface area contributed by atoms with E-state index in [4.69, 9.17) is 4.74 Å². The first-order valence-corrected chi connectivity index (χ1v) is 10.0. The van der Waals surface area contributed by atoms with Crippen molar-refractivity contribution < 1.29 is 17.5 Å². The number of hydrogen-bond donors (Lipinski definition) is 0. The van der Waals surface area contributed by atoms with E-state index in [-0.39, 0.29) is 9.92 Å². The van der Waals surface area contributed by atoms with Gasteiger partial charge in [-0.2, -0.15) is 5.10 Å². The maximum atomic E-state index is 13.9. The Labute approximate surface area is 166 Å². The largest absolute Gasteiger partial charge is 0.497 e. The van der Waals surface area contributed by atoms with Crippen molar-refractivity contribution in [2.75, 3.05) is 7.11 Å². The highest BCUT2D eigenvalue weighted by atomic mass is 32.2. The van der Waals surface area contributed by atoms with Gasteiger partial charge in [-0.1, -0.05) is 18.2 Å². The lowest BCUT2D eigenvalue weighted by Crippen LogP contribution is -2.07. The van der Waals surface area contributed by atoms with Crippen LogP contribution < -0.4 is 4.74 Å². The lowest BCUT2D eigenvalue weighted by molar-refractivity contribution is 0.411. The monoisotopic (exact) mass is 410 g/mol. The number of sulfone groups is 1. The van der Waals surface area contributed by atoms with Crippen LogP contribution in [0.5, 0.6) is 5.75 Å². The van der Waals surface area contributed by atoms with Gasteiger partial charge in [0.2, 0.25) is 9.84 Å². The van der Waals surface area contributed by atoms with Crippen LogP contribution in [0.15, 0.2) is 82.8 Å². The maximum absolute atomic E-state index is 13.9. The zero-order valence-electron chi connectivity index (χ0n) is 15.2. The topological polar surface area (TPSA) is 87.0 Å². The smallest absolute Gasteiger partial charge is 0.225 e. The van der Waals surface area contributed by atoms with Crippen molar-refractivity contribution in [3.05, 3.63) is 78.7 Å². The number of hydrogen-bond acceptors (Lipinski definition) is 6. The highest BCUT2D eigenvalue weighted by Crippen LogP contribution is 2.25. The molecule has 0 aliphatic rings. The molecule has 2 heterocycles. The molecule has 0 unspecified atom stereocenters. The highest BCUT2D eigenvalue weighted by molar-refractivity contribution is 7.91. The van der Waals surface area contributed by atoms with Crippen LogP contribution in [-0.2, 0) is 9.84 Å². The van der Waals surface area contributed by atoms with Crippen molar-refractivity contribution in [3.63, 3.8) is 0 Å². The number of aromatic nitrogens is 4. The van der Waals surface area contributed by atoms with Gasteiger partial charge in [0.25, 0.3) is 0 Å². The van der Waals surface area contributed by atoms with Crippen molar-refractivity contribution in [1.29, 1.82) is 0 Å². The molecular weight excluding hydrogens is 395 g/mol. The van der Waals surface area contributed by atoms with Gasteiger partial charge in [-0.3, -0.25) is 0 Å². The summed E-state index contributed by atoms with van der Waals surface area (Å²) in [7, 11) is -2.32. The molecule has 7 nitrogen and oxygen atoms in total. The molecule has 0 radical (unpaired) electrons. The highest BCUT2D eigenvalue weighted by Gasteiger charge is 2.20. The van der Waals surface area contributed by atoms with Gasteiger partial charge in [-0.05, 0) is 36.4 Å². The van der Waals surface area contributed by atoms with E-state index in [9.17, 15) is 12.8 Å². The van der Waals surface area contributed by atoms with Gasteiger partial charge in [-0.25, -0.2) is 17.5 Å². The lowest BCUT2D eigenvalue weighted by Gasteiger charge is -2.09.